The molecule has 0 aliphatic heterocycles. The van der Waals surface area contributed by atoms with Gasteiger partial charge in [0, 0.05) is 11.1 Å². The van der Waals surface area contributed by atoms with Gasteiger partial charge in [-0.25, -0.2) is 5.10 Å². The molecule has 0 spiro atoms. The molecule has 0 fully saturated rings. The number of hydrogen-bond donors (Lipinski definition) is 3. The van der Waals surface area contributed by atoms with Crippen molar-refractivity contribution in [1.29, 1.82) is 0 Å². The van der Waals surface area contributed by atoms with E-state index in [1.165, 1.54) is 17.0 Å². The summed E-state index contributed by atoms with van der Waals surface area (Å²) in [6.07, 6.45) is 1.32. The molecule has 0 atom stereocenters. The van der Waals surface area contributed by atoms with Crippen molar-refractivity contribution in [3.63, 3.8) is 0 Å². The molecule has 0 amide bonds. The average molecular weight is 381 g/mol. The lowest BCUT2D eigenvalue weighted by atomic mass is 10.2. The molecule has 122 valence electrons. The monoisotopic (exact) mass is 380 g/mol. The molecular weight excluding hydrogens is 371 g/mol. The van der Waals surface area contributed by atoms with Gasteiger partial charge in [-0.05, 0) is 18.3 Å². The van der Waals surface area contributed by atoms with Crippen molar-refractivity contribution in [3.8, 4) is 22.9 Å². The van der Waals surface area contributed by atoms with Gasteiger partial charge >= 0.3 is 0 Å². The largest absolute Gasteiger partial charge is 0.506 e. The standard InChI is InChI=1S/C15H10Cl2N4O2S/c16-10-6-9(12(22)11(17)13(10)23)7-18-21-14(19-20-15(21)24)8-4-2-1-3-5-8/h1-7,22-23H,(H,20,24)/b18-7-. The number of aromatic nitrogens is 3. The second kappa shape index (κ2) is 6.64. The Morgan fingerprint density at radius 1 is 1.17 bits per heavy atom. The van der Waals surface area contributed by atoms with Gasteiger partial charge in [-0.2, -0.15) is 14.9 Å². The zero-order valence-electron chi connectivity index (χ0n) is 11.9. The van der Waals surface area contributed by atoms with Crippen molar-refractivity contribution in [1.82, 2.24) is 14.9 Å². The van der Waals surface area contributed by atoms with Gasteiger partial charge in [0.05, 0.1) is 11.2 Å². The average Bonchev–Trinajstić information content (AvgIpc) is 2.96. The normalized spacial score (nSPS) is 11.2. The second-order valence-corrected chi connectivity index (χ2v) is 5.91. The summed E-state index contributed by atoms with van der Waals surface area (Å²) in [5, 5.41) is 30.4. The molecule has 3 N–H and O–H groups in total. The molecule has 0 radical (unpaired) electrons. The number of aromatic hydroxyl groups is 2. The first-order chi connectivity index (χ1) is 11.5. The summed E-state index contributed by atoms with van der Waals surface area (Å²) in [4.78, 5) is 0. The Kier molecular flexibility index (Phi) is 4.57. The molecule has 0 bridgehead atoms. The van der Waals surface area contributed by atoms with E-state index in [1.54, 1.807) is 0 Å². The summed E-state index contributed by atoms with van der Waals surface area (Å²) in [7, 11) is 0. The zero-order chi connectivity index (χ0) is 17.3. The number of nitrogens with zero attached hydrogens (tertiary/aromatic N) is 3. The van der Waals surface area contributed by atoms with E-state index in [4.69, 9.17) is 35.4 Å². The van der Waals surface area contributed by atoms with Crippen LogP contribution in [0.5, 0.6) is 11.5 Å². The van der Waals surface area contributed by atoms with Crippen molar-refractivity contribution >= 4 is 41.6 Å². The summed E-state index contributed by atoms with van der Waals surface area (Å²) >= 11 is 16.8. The summed E-state index contributed by atoms with van der Waals surface area (Å²) in [5.74, 6) is -0.219. The second-order valence-electron chi connectivity index (χ2n) is 4.73. The number of phenols is 2. The molecule has 0 aliphatic rings. The van der Waals surface area contributed by atoms with Crippen LogP contribution in [0.4, 0.5) is 0 Å². The molecule has 3 aromatic rings. The Hall–Kier alpha value is -2.35. The minimum atomic E-state index is -0.391. The number of hydrogen-bond acceptors (Lipinski definition) is 5. The summed E-state index contributed by atoms with van der Waals surface area (Å²) in [5.41, 5.74) is 1.04. The van der Waals surface area contributed by atoms with E-state index in [9.17, 15) is 10.2 Å². The molecule has 0 saturated carbocycles. The number of rotatable bonds is 3. The van der Waals surface area contributed by atoms with Crippen LogP contribution in [0.1, 0.15) is 5.56 Å². The maximum absolute atomic E-state index is 9.99. The molecule has 0 unspecified atom stereocenters. The third-order valence-electron chi connectivity index (χ3n) is 3.19. The molecule has 1 heterocycles. The van der Waals surface area contributed by atoms with E-state index in [0.29, 0.717) is 5.82 Å². The highest BCUT2D eigenvalue weighted by molar-refractivity contribution is 7.71. The fourth-order valence-corrected chi connectivity index (χ4v) is 2.66. The molecule has 24 heavy (non-hydrogen) atoms. The Balaban J connectivity index is 2.06. The van der Waals surface area contributed by atoms with Crippen molar-refractivity contribution < 1.29 is 10.2 Å². The molecule has 6 nitrogen and oxygen atoms in total. The highest BCUT2D eigenvalue weighted by atomic mass is 35.5. The van der Waals surface area contributed by atoms with Crippen LogP contribution in [0.15, 0.2) is 41.5 Å². The third-order valence-corrected chi connectivity index (χ3v) is 4.10. The molecule has 0 aliphatic carbocycles. The van der Waals surface area contributed by atoms with Crippen LogP contribution in [0.3, 0.4) is 0 Å². The Morgan fingerprint density at radius 2 is 1.88 bits per heavy atom. The van der Waals surface area contributed by atoms with Gasteiger partial charge in [0.15, 0.2) is 11.6 Å². The lowest BCUT2D eigenvalue weighted by Gasteiger charge is -2.06. The number of phenolic OH excluding ortho intramolecular Hbond substituents is 2. The molecular formula is C15H10Cl2N4O2S. The van der Waals surface area contributed by atoms with Crippen LogP contribution >= 0.6 is 35.4 Å². The minimum absolute atomic E-state index is 0.00155. The quantitative estimate of drug-likeness (QED) is 0.469. The smallest absolute Gasteiger partial charge is 0.216 e. The fourth-order valence-electron chi connectivity index (χ4n) is 2.01. The van der Waals surface area contributed by atoms with E-state index in [1.807, 2.05) is 30.3 Å². The number of nitrogens with one attached hydrogen (secondary N) is 1. The first kappa shape index (κ1) is 16.5. The first-order valence-electron chi connectivity index (χ1n) is 6.66. The molecule has 1 aromatic heterocycles. The highest BCUT2D eigenvalue weighted by Crippen LogP contribution is 2.40. The van der Waals surface area contributed by atoms with Crippen LogP contribution in [0.25, 0.3) is 11.4 Å². The van der Waals surface area contributed by atoms with Crippen molar-refractivity contribution in [3.05, 3.63) is 56.8 Å². The number of aromatic amines is 1. The van der Waals surface area contributed by atoms with Gasteiger partial charge in [-0.3, -0.25) is 0 Å². The van der Waals surface area contributed by atoms with Crippen molar-refractivity contribution in [2.24, 2.45) is 5.10 Å². The predicted octanol–water partition coefficient (Wildman–Crippen LogP) is 4.21. The van der Waals surface area contributed by atoms with Gasteiger partial charge in [0.2, 0.25) is 4.77 Å². The van der Waals surface area contributed by atoms with E-state index >= 15 is 0 Å². The third kappa shape index (κ3) is 3.01. The summed E-state index contributed by atoms with van der Waals surface area (Å²) in [6.45, 7) is 0. The van der Waals surface area contributed by atoms with Gasteiger partial charge < -0.3 is 10.2 Å². The summed E-state index contributed by atoms with van der Waals surface area (Å²) in [6, 6.07) is 10.7. The van der Waals surface area contributed by atoms with Gasteiger partial charge in [-0.1, -0.05) is 53.5 Å². The van der Waals surface area contributed by atoms with E-state index in [-0.39, 0.29) is 26.1 Å². The maximum Gasteiger partial charge on any atom is 0.216 e. The predicted molar refractivity (Wildman–Crippen MR) is 95.6 cm³/mol. The van der Waals surface area contributed by atoms with Gasteiger partial charge in [0.1, 0.15) is 10.8 Å². The van der Waals surface area contributed by atoms with Gasteiger partial charge in [-0.15, -0.1) is 0 Å². The maximum atomic E-state index is 9.99. The molecule has 2 aromatic carbocycles. The Morgan fingerprint density at radius 3 is 2.58 bits per heavy atom. The van der Waals surface area contributed by atoms with Crippen molar-refractivity contribution in [2.45, 2.75) is 0 Å². The van der Waals surface area contributed by atoms with Gasteiger partial charge in [0.25, 0.3) is 0 Å². The SMILES string of the molecule is Oc1c(Cl)cc(/C=N\n2c(-c3ccccc3)n[nH]c2=S)c(O)c1Cl. The van der Waals surface area contributed by atoms with Crippen LogP contribution < -0.4 is 0 Å². The molecule has 3 rings (SSSR count). The van der Waals surface area contributed by atoms with Crippen LogP contribution in [0.2, 0.25) is 10.0 Å². The fraction of sp³-hybridized carbons (Fsp3) is 0. The molecule has 9 heteroatoms. The topological polar surface area (TPSA) is 86.4 Å². The van der Waals surface area contributed by atoms with E-state index in [0.717, 1.165) is 5.56 Å². The van der Waals surface area contributed by atoms with E-state index < -0.39 is 5.75 Å². The van der Waals surface area contributed by atoms with Crippen LogP contribution in [-0.2, 0) is 0 Å². The lowest BCUT2D eigenvalue weighted by Crippen LogP contribution is -1.95. The number of H-pyrrole nitrogens is 1. The zero-order valence-corrected chi connectivity index (χ0v) is 14.3. The van der Waals surface area contributed by atoms with Crippen LogP contribution in [-0.4, -0.2) is 31.3 Å². The Labute approximate surface area is 151 Å². The van der Waals surface area contributed by atoms with Crippen LogP contribution in [0, 0.1) is 4.77 Å². The minimum Gasteiger partial charge on any atom is -0.506 e. The van der Waals surface area contributed by atoms with Crippen molar-refractivity contribution in [2.75, 3.05) is 0 Å². The number of halogens is 2. The molecule has 0 saturated heterocycles. The number of benzene rings is 2. The lowest BCUT2D eigenvalue weighted by molar-refractivity contribution is 0.450. The highest BCUT2D eigenvalue weighted by Gasteiger charge is 2.14. The summed E-state index contributed by atoms with van der Waals surface area (Å²) < 4.78 is 1.68. The van der Waals surface area contributed by atoms with E-state index in [2.05, 4.69) is 15.3 Å². The Bertz CT molecular complexity index is 983. The first-order valence-corrected chi connectivity index (χ1v) is 7.82.